The van der Waals surface area contributed by atoms with Crippen molar-refractivity contribution in [3.8, 4) is 0 Å². The topological polar surface area (TPSA) is 58.2 Å². The summed E-state index contributed by atoms with van der Waals surface area (Å²) >= 11 is 0. The zero-order chi connectivity index (χ0) is 16.5. The Morgan fingerprint density at radius 3 is 1.48 bits per heavy atom. The van der Waals surface area contributed by atoms with Gasteiger partial charge in [0.05, 0.1) is 0 Å². The molecule has 4 nitrogen and oxygen atoms in total. The van der Waals surface area contributed by atoms with Gasteiger partial charge in [-0.2, -0.15) is 0 Å². The Labute approximate surface area is 136 Å². The maximum Gasteiger partial charge on any atom is 0.221 e. The number of hydrogen-bond donors (Lipinski definition) is 2. The minimum absolute atomic E-state index is 0. The van der Waals surface area contributed by atoms with Crippen molar-refractivity contribution < 1.29 is 14.0 Å². The van der Waals surface area contributed by atoms with Gasteiger partial charge in [-0.15, -0.1) is 0 Å². The Kier molecular flexibility index (Phi) is 8.92. The van der Waals surface area contributed by atoms with Crippen LogP contribution in [0.25, 0.3) is 0 Å². The highest BCUT2D eigenvalue weighted by atomic mass is 19.1. The van der Waals surface area contributed by atoms with Gasteiger partial charge >= 0.3 is 0 Å². The molecule has 0 aliphatic heterocycles. The SMILES string of the molecule is C.CC(=O)Nc1ccc(C)cc1.CC(=O)Nc1ccc(F)cc1. The van der Waals surface area contributed by atoms with Crippen molar-refractivity contribution in [3.05, 3.63) is 59.9 Å². The molecular weight excluding hydrogens is 295 g/mol. The Balaban J connectivity index is 0.000000403. The molecule has 0 aliphatic carbocycles. The highest BCUT2D eigenvalue weighted by Gasteiger charge is 1.94. The van der Waals surface area contributed by atoms with Crippen LogP contribution in [-0.2, 0) is 9.59 Å². The zero-order valence-corrected chi connectivity index (χ0v) is 12.8. The van der Waals surface area contributed by atoms with E-state index in [0.717, 1.165) is 5.69 Å². The predicted molar refractivity (Wildman–Crippen MR) is 92.9 cm³/mol. The minimum atomic E-state index is -0.306. The fourth-order valence-electron chi connectivity index (χ4n) is 1.58. The Bertz CT molecular complexity index is 565. The number of anilines is 2. The third-order valence-electron chi connectivity index (χ3n) is 2.54. The number of benzene rings is 2. The van der Waals surface area contributed by atoms with Crippen molar-refractivity contribution in [3.63, 3.8) is 0 Å². The summed E-state index contributed by atoms with van der Waals surface area (Å²) in [7, 11) is 0. The Hall–Kier alpha value is -2.69. The number of carbonyl (C=O) groups is 2. The van der Waals surface area contributed by atoms with Gasteiger partial charge in [-0.05, 0) is 43.3 Å². The average Bonchev–Trinajstić information content (AvgIpc) is 2.44. The molecule has 0 bridgehead atoms. The molecular formula is C18H23FN2O2. The van der Waals surface area contributed by atoms with Crippen molar-refractivity contribution in [2.75, 3.05) is 10.6 Å². The van der Waals surface area contributed by atoms with Crippen molar-refractivity contribution in [1.82, 2.24) is 0 Å². The summed E-state index contributed by atoms with van der Waals surface area (Å²) in [6.45, 7) is 4.92. The van der Waals surface area contributed by atoms with Gasteiger partial charge in [0, 0.05) is 25.2 Å². The molecule has 0 spiro atoms. The van der Waals surface area contributed by atoms with Gasteiger partial charge in [0.15, 0.2) is 0 Å². The molecule has 2 aromatic carbocycles. The summed E-state index contributed by atoms with van der Waals surface area (Å²) in [4.78, 5) is 21.1. The normalized spacial score (nSPS) is 8.87. The second kappa shape index (κ2) is 10.1. The van der Waals surface area contributed by atoms with Gasteiger partial charge in [0.2, 0.25) is 11.8 Å². The van der Waals surface area contributed by atoms with E-state index in [1.165, 1.54) is 43.7 Å². The first-order chi connectivity index (χ1) is 10.4. The van der Waals surface area contributed by atoms with Crippen LogP contribution in [0, 0.1) is 12.7 Å². The van der Waals surface area contributed by atoms with Gasteiger partial charge < -0.3 is 10.6 Å². The molecule has 5 heteroatoms. The smallest absolute Gasteiger partial charge is 0.221 e. The van der Waals surface area contributed by atoms with Crippen molar-refractivity contribution in [2.24, 2.45) is 0 Å². The molecule has 124 valence electrons. The van der Waals surface area contributed by atoms with Crippen LogP contribution in [-0.4, -0.2) is 11.8 Å². The Morgan fingerprint density at radius 2 is 1.13 bits per heavy atom. The van der Waals surface area contributed by atoms with Crippen molar-refractivity contribution >= 4 is 23.2 Å². The second-order valence-corrected chi connectivity index (χ2v) is 4.74. The fraction of sp³-hybridized carbons (Fsp3) is 0.222. The predicted octanol–water partition coefficient (Wildman–Crippen LogP) is 4.37. The van der Waals surface area contributed by atoms with E-state index in [4.69, 9.17) is 0 Å². The molecule has 0 aliphatic rings. The number of nitrogens with one attached hydrogen (secondary N) is 2. The highest BCUT2D eigenvalue weighted by molar-refractivity contribution is 5.89. The molecule has 23 heavy (non-hydrogen) atoms. The van der Waals surface area contributed by atoms with Gasteiger partial charge in [0.25, 0.3) is 0 Å². The minimum Gasteiger partial charge on any atom is -0.326 e. The molecule has 0 unspecified atom stereocenters. The number of aryl methyl sites for hydroxylation is 1. The maximum absolute atomic E-state index is 12.3. The summed E-state index contributed by atoms with van der Waals surface area (Å²) in [6.07, 6.45) is 0. The first-order valence-electron chi connectivity index (χ1n) is 6.74. The maximum atomic E-state index is 12.3. The van der Waals surface area contributed by atoms with Crippen LogP contribution in [0.2, 0.25) is 0 Å². The van der Waals surface area contributed by atoms with E-state index in [-0.39, 0.29) is 25.1 Å². The number of amides is 2. The van der Waals surface area contributed by atoms with E-state index in [0.29, 0.717) is 5.69 Å². The fourth-order valence-corrected chi connectivity index (χ4v) is 1.58. The molecule has 0 aromatic heterocycles. The van der Waals surface area contributed by atoms with E-state index >= 15 is 0 Å². The Morgan fingerprint density at radius 1 is 0.783 bits per heavy atom. The first kappa shape index (κ1) is 20.3. The van der Waals surface area contributed by atoms with Crippen molar-refractivity contribution in [1.29, 1.82) is 0 Å². The van der Waals surface area contributed by atoms with Crippen LogP contribution in [0.1, 0.15) is 26.8 Å². The zero-order valence-electron chi connectivity index (χ0n) is 12.8. The third kappa shape index (κ3) is 9.03. The number of hydrogen-bond acceptors (Lipinski definition) is 2. The summed E-state index contributed by atoms with van der Waals surface area (Å²) in [5.41, 5.74) is 2.65. The van der Waals surface area contributed by atoms with Crippen LogP contribution in [0.4, 0.5) is 15.8 Å². The lowest BCUT2D eigenvalue weighted by Crippen LogP contribution is -2.05. The molecule has 2 amide bonds. The summed E-state index contributed by atoms with van der Waals surface area (Å²) in [5.74, 6) is -0.496. The van der Waals surface area contributed by atoms with E-state index in [1.54, 1.807) is 0 Å². The monoisotopic (exact) mass is 318 g/mol. The molecule has 0 saturated heterocycles. The quantitative estimate of drug-likeness (QED) is 0.863. The molecule has 2 N–H and O–H groups in total. The second-order valence-electron chi connectivity index (χ2n) is 4.74. The summed E-state index contributed by atoms with van der Waals surface area (Å²) in [6, 6.07) is 13.3. The van der Waals surface area contributed by atoms with Crippen molar-refractivity contribution in [2.45, 2.75) is 28.2 Å². The standard InChI is InChI=1S/C9H11NO.C8H8FNO.CH4/c1-7-3-5-9(6-4-7)10-8(2)11;1-6(11)10-8-4-2-7(9)3-5-8;/h3-6H,1-2H3,(H,10,11);2-5H,1H3,(H,10,11);1H4. The van der Waals surface area contributed by atoms with Crippen LogP contribution in [0.5, 0.6) is 0 Å². The van der Waals surface area contributed by atoms with Crippen LogP contribution in [0.3, 0.4) is 0 Å². The molecule has 0 fully saturated rings. The van der Waals surface area contributed by atoms with Crippen LogP contribution < -0.4 is 10.6 Å². The average molecular weight is 318 g/mol. The van der Waals surface area contributed by atoms with Crippen LogP contribution >= 0.6 is 0 Å². The first-order valence-corrected chi connectivity index (χ1v) is 6.74. The molecule has 0 saturated carbocycles. The highest BCUT2D eigenvalue weighted by Crippen LogP contribution is 2.08. The lowest BCUT2D eigenvalue weighted by molar-refractivity contribution is -0.115. The molecule has 0 radical (unpaired) electrons. The summed E-state index contributed by atoms with van der Waals surface area (Å²) in [5, 5.41) is 5.22. The summed E-state index contributed by atoms with van der Waals surface area (Å²) < 4.78 is 12.3. The third-order valence-corrected chi connectivity index (χ3v) is 2.54. The lowest BCUT2D eigenvalue weighted by Gasteiger charge is -2.00. The van der Waals surface area contributed by atoms with E-state index in [9.17, 15) is 14.0 Å². The van der Waals surface area contributed by atoms with E-state index in [1.807, 2.05) is 31.2 Å². The molecule has 0 atom stereocenters. The largest absolute Gasteiger partial charge is 0.326 e. The van der Waals surface area contributed by atoms with Crippen LogP contribution in [0.15, 0.2) is 48.5 Å². The van der Waals surface area contributed by atoms with E-state index in [2.05, 4.69) is 10.6 Å². The molecule has 2 aromatic rings. The number of carbonyl (C=O) groups excluding carboxylic acids is 2. The molecule has 0 heterocycles. The van der Waals surface area contributed by atoms with Gasteiger partial charge in [-0.1, -0.05) is 25.1 Å². The lowest BCUT2D eigenvalue weighted by atomic mass is 10.2. The van der Waals surface area contributed by atoms with Gasteiger partial charge in [-0.3, -0.25) is 9.59 Å². The molecule has 2 rings (SSSR count). The van der Waals surface area contributed by atoms with E-state index < -0.39 is 0 Å². The number of halogens is 1. The number of rotatable bonds is 2. The van der Waals surface area contributed by atoms with Gasteiger partial charge in [0.1, 0.15) is 5.82 Å². The van der Waals surface area contributed by atoms with Gasteiger partial charge in [-0.25, -0.2) is 4.39 Å².